The molecule has 0 aliphatic rings. The van der Waals surface area contributed by atoms with Crippen molar-refractivity contribution in [3.63, 3.8) is 0 Å². The minimum Gasteiger partial charge on any atom is -0.354 e. The molecule has 0 aliphatic carbocycles. The summed E-state index contributed by atoms with van der Waals surface area (Å²) < 4.78 is 4.60. The number of carbonyl (C=O) groups is 1. The van der Waals surface area contributed by atoms with Crippen LogP contribution < -0.4 is 10.2 Å². The van der Waals surface area contributed by atoms with Crippen molar-refractivity contribution in [1.82, 2.24) is 19.6 Å². The SMILES string of the molecule is CCN(CC)CCCC(C)NC(=O)CCN(Cc1ccccc1)c1nc(Cc2ccccc2)ns1. The summed E-state index contributed by atoms with van der Waals surface area (Å²) in [7, 11) is 0. The van der Waals surface area contributed by atoms with Crippen LogP contribution in [-0.2, 0) is 17.8 Å². The van der Waals surface area contributed by atoms with Gasteiger partial charge in [0.15, 0.2) is 0 Å². The van der Waals surface area contributed by atoms with E-state index in [4.69, 9.17) is 4.98 Å². The van der Waals surface area contributed by atoms with E-state index < -0.39 is 0 Å². The molecule has 35 heavy (non-hydrogen) atoms. The Morgan fingerprint density at radius 1 is 0.971 bits per heavy atom. The van der Waals surface area contributed by atoms with Crippen molar-refractivity contribution in [2.75, 3.05) is 31.1 Å². The second kappa shape index (κ2) is 14.6. The molecule has 3 rings (SSSR count). The summed E-state index contributed by atoms with van der Waals surface area (Å²) in [4.78, 5) is 22.1. The summed E-state index contributed by atoms with van der Waals surface area (Å²) in [6, 6.07) is 20.8. The highest BCUT2D eigenvalue weighted by Crippen LogP contribution is 2.21. The molecule has 1 unspecified atom stereocenters. The Kier molecular flexibility index (Phi) is 11.2. The van der Waals surface area contributed by atoms with Gasteiger partial charge in [-0.2, -0.15) is 4.37 Å². The fourth-order valence-corrected chi connectivity index (χ4v) is 4.80. The van der Waals surface area contributed by atoms with Gasteiger partial charge in [-0.15, -0.1) is 0 Å². The summed E-state index contributed by atoms with van der Waals surface area (Å²) in [6.07, 6.45) is 3.23. The molecule has 0 saturated heterocycles. The minimum atomic E-state index is 0.0902. The van der Waals surface area contributed by atoms with Gasteiger partial charge in [0.05, 0.1) is 0 Å². The number of rotatable bonds is 15. The highest BCUT2D eigenvalue weighted by atomic mass is 32.1. The summed E-state index contributed by atoms with van der Waals surface area (Å²) in [6.45, 7) is 11.0. The monoisotopic (exact) mass is 493 g/mol. The highest BCUT2D eigenvalue weighted by molar-refractivity contribution is 7.09. The molecule has 188 valence electrons. The highest BCUT2D eigenvalue weighted by Gasteiger charge is 2.16. The molecule has 0 radical (unpaired) electrons. The summed E-state index contributed by atoms with van der Waals surface area (Å²) in [5.74, 6) is 0.910. The van der Waals surface area contributed by atoms with Gasteiger partial charge < -0.3 is 15.1 Å². The third-order valence-corrected chi connectivity index (χ3v) is 6.99. The molecule has 0 fully saturated rings. The van der Waals surface area contributed by atoms with Crippen molar-refractivity contribution in [2.45, 2.75) is 59.0 Å². The summed E-state index contributed by atoms with van der Waals surface area (Å²) in [5, 5.41) is 4.04. The third kappa shape index (κ3) is 9.42. The smallest absolute Gasteiger partial charge is 0.221 e. The molecule has 3 aromatic rings. The maximum Gasteiger partial charge on any atom is 0.221 e. The van der Waals surface area contributed by atoms with Crippen molar-refractivity contribution in [3.8, 4) is 0 Å². The van der Waals surface area contributed by atoms with Crippen molar-refractivity contribution in [3.05, 3.63) is 77.6 Å². The van der Waals surface area contributed by atoms with Gasteiger partial charge in [0, 0.05) is 43.5 Å². The molecule has 0 saturated carbocycles. The Morgan fingerprint density at radius 3 is 2.29 bits per heavy atom. The predicted molar refractivity (Wildman–Crippen MR) is 146 cm³/mol. The maximum atomic E-state index is 12.7. The molecule has 7 heteroatoms. The van der Waals surface area contributed by atoms with Crippen molar-refractivity contribution in [2.24, 2.45) is 0 Å². The largest absolute Gasteiger partial charge is 0.354 e. The van der Waals surface area contributed by atoms with Crippen LogP contribution in [-0.4, -0.2) is 52.4 Å². The van der Waals surface area contributed by atoms with E-state index in [-0.39, 0.29) is 11.9 Å². The van der Waals surface area contributed by atoms with E-state index in [1.165, 1.54) is 22.7 Å². The average Bonchev–Trinajstić information content (AvgIpc) is 3.34. The predicted octanol–water partition coefficient (Wildman–Crippen LogP) is 5.15. The molecule has 0 spiro atoms. The lowest BCUT2D eigenvalue weighted by Gasteiger charge is -2.22. The fraction of sp³-hybridized carbons (Fsp3) is 0.464. The summed E-state index contributed by atoms with van der Waals surface area (Å²) >= 11 is 1.41. The normalized spacial score (nSPS) is 12.0. The van der Waals surface area contributed by atoms with Gasteiger partial charge in [0.25, 0.3) is 0 Å². The van der Waals surface area contributed by atoms with E-state index in [2.05, 4.69) is 64.5 Å². The van der Waals surface area contributed by atoms with Crippen molar-refractivity contribution >= 4 is 22.6 Å². The molecule has 2 aromatic carbocycles. The maximum absolute atomic E-state index is 12.7. The number of hydrogen-bond acceptors (Lipinski definition) is 6. The van der Waals surface area contributed by atoms with Gasteiger partial charge in [0.2, 0.25) is 11.0 Å². The molecule has 0 aliphatic heterocycles. The number of carbonyl (C=O) groups excluding carboxylic acids is 1. The van der Waals surface area contributed by atoms with Gasteiger partial charge in [0.1, 0.15) is 5.82 Å². The van der Waals surface area contributed by atoms with E-state index in [9.17, 15) is 4.79 Å². The Labute approximate surface area is 214 Å². The Balaban J connectivity index is 1.56. The van der Waals surface area contributed by atoms with Crippen LogP contribution in [0, 0.1) is 0 Å². The van der Waals surface area contributed by atoms with E-state index in [1.807, 2.05) is 36.4 Å². The van der Waals surface area contributed by atoms with E-state index in [0.717, 1.165) is 43.4 Å². The zero-order chi connectivity index (χ0) is 24.9. The quantitative estimate of drug-likeness (QED) is 0.317. The number of benzene rings is 2. The molecule has 1 amide bonds. The number of amides is 1. The first-order valence-corrected chi connectivity index (χ1v) is 13.5. The first-order valence-electron chi connectivity index (χ1n) is 12.7. The number of nitrogens with one attached hydrogen (secondary N) is 1. The van der Waals surface area contributed by atoms with Crippen LogP contribution in [0.2, 0.25) is 0 Å². The van der Waals surface area contributed by atoms with Crippen LogP contribution in [0.25, 0.3) is 0 Å². The van der Waals surface area contributed by atoms with Crippen LogP contribution in [0.5, 0.6) is 0 Å². The standard InChI is InChI=1S/C28H39N5OS/c1-4-32(5-2)19-12-13-23(3)29-27(34)18-20-33(22-25-16-10-7-11-17-25)28-30-26(31-35-28)21-24-14-8-6-9-15-24/h6-11,14-17,23H,4-5,12-13,18-22H2,1-3H3,(H,29,34). The topological polar surface area (TPSA) is 61.4 Å². The zero-order valence-electron chi connectivity index (χ0n) is 21.3. The average molecular weight is 494 g/mol. The molecule has 1 heterocycles. The second-order valence-corrected chi connectivity index (χ2v) is 9.68. The first-order chi connectivity index (χ1) is 17.1. The number of nitrogens with zero attached hydrogens (tertiary/aromatic N) is 4. The molecular formula is C28H39N5OS. The Bertz CT molecular complexity index is 991. The van der Waals surface area contributed by atoms with Gasteiger partial charge in [-0.3, -0.25) is 4.79 Å². The van der Waals surface area contributed by atoms with E-state index in [0.29, 0.717) is 25.9 Å². The molecule has 1 N–H and O–H groups in total. The van der Waals surface area contributed by atoms with Crippen molar-refractivity contribution < 1.29 is 4.79 Å². The lowest BCUT2D eigenvalue weighted by molar-refractivity contribution is -0.121. The van der Waals surface area contributed by atoms with E-state index in [1.54, 1.807) is 0 Å². The van der Waals surface area contributed by atoms with Crippen LogP contribution >= 0.6 is 11.5 Å². The van der Waals surface area contributed by atoms with Crippen LogP contribution in [0.4, 0.5) is 5.13 Å². The van der Waals surface area contributed by atoms with E-state index >= 15 is 0 Å². The fourth-order valence-electron chi connectivity index (χ4n) is 4.09. The zero-order valence-corrected chi connectivity index (χ0v) is 22.1. The molecular weight excluding hydrogens is 454 g/mol. The number of hydrogen-bond donors (Lipinski definition) is 1. The lowest BCUT2D eigenvalue weighted by Crippen LogP contribution is -2.36. The number of aromatic nitrogens is 2. The van der Waals surface area contributed by atoms with Gasteiger partial charge in [-0.25, -0.2) is 4.98 Å². The van der Waals surface area contributed by atoms with Crippen molar-refractivity contribution in [1.29, 1.82) is 0 Å². The minimum absolute atomic E-state index is 0.0902. The first kappa shape index (κ1) is 26.8. The Morgan fingerprint density at radius 2 is 1.63 bits per heavy atom. The van der Waals surface area contributed by atoms with Crippen LogP contribution in [0.15, 0.2) is 60.7 Å². The molecule has 1 aromatic heterocycles. The number of anilines is 1. The van der Waals surface area contributed by atoms with Gasteiger partial charge in [-0.1, -0.05) is 74.5 Å². The van der Waals surface area contributed by atoms with Gasteiger partial charge in [-0.05, 0) is 50.5 Å². The molecule has 6 nitrogen and oxygen atoms in total. The van der Waals surface area contributed by atoms with Gasteiger partial charge >= 0.3 is 0 Å². The molecule has 1 atom stereocenters. The molecule has 0 bridgehead atoms. The van der Waals surface area contributed by atoms with Crippen LogP contribution in [0.1, 0.15) is 57.0 Å². The van der Waals surface area contributed by atoms with Crippen LogP contribution in [0.3, 0.4) is 0 Å². The summed E-state index contributed by atoms with van der Waals surface area (Å²) in [5.41, 5.74) is 2.39. The Hall–Kier alpha value is -2.77. The lowest BCUT2D eigenvalue weighted by atomic mass is 10.1. The second-order valence-electron chi connectivity index (χ2n) is 8.95. The third-order valence-electron chi connectivity index (χ3n) is 6.17.